The molecule has 1 N–H and O–H groups in total. The Hall–Kier alpha value is -4.95. The highest BCUT2D eigenvalue weighted by molar-refractivity contribution is 6.29. The Morgan fingerprint density at radius 3 is 1.93 bits per heavy atom. The minimum Gasteiger partial charge on any atom is -0.382 e. The van der Waals surface area contributed by atoms with E-state index in [1.165, 1.54) is 9.80 Å². The van der Waals surface area contributed by atoms with E-state index in [4.69, 9.17) is 0 Å². The van der Waals surface area contributed by atoms with E-state index in [2.05, 4.69) is 0 Å². The fourth-order valence-electron chi connectivity index (χ4n) is 5.38. The first-order valence-corrected chi connectivity index (χ1v) is 13.3. The van der Waals surface area contributed by atoms with Crippen LogP contribution >= 0.6 is 0 Å². The maximum atomic E-state index is 14.1. The van der Waals surface area contributed by atoms with Crippen LogP contribution < -0.4 is 18.9 Å². The Balaban J connectivity index is 1.59. The number of rotatable bonds is 4. The number of pyridine rings is 2. The van der Waals surface area contributed by atoms with Gasteiger partial charge in [-0.05, 0) is 44.2 Å². The van der Waals surface area contributed by atoms with E-state index in [1.807, 2.05) is 35.4 Å². The van der Waals surface area contributed by atoms with Gasteiger partial charge in [0.25, 0.3) is 11.8 Å². The molecule has 8 heteroatoms. The number of aryl methyl sites for hydroxylation is 2. The van der Waals surface area contributed by atoms with Gasteiger partial charge in [-0.1, -0.05) is 30.3 Å². The number of allylic oxidation sites excluding steroid dienone is 1. The summed E-state index contributed by atoms with van der Waals surface area (Å²) in [6.45, 7) is 5.27. The SMILES string of the molecule is CC[n+]1cccc(C(=O)N2/C(=C3\C(O)c4ccccc4N3C(=O)c3ccc[n+](CC)c3)C(=O)c3ccccc32)c1. The molecule has 0 fully saturated rings. The third-order valence-corrected chi connectivity index (χ3v) is 7.39. The van der Waals surface area contributed by atoms with Gasteiger partial charge in [-0.3, -0.25) is 24.2 Å². The van der Waals surface area contributed by atoms with Gasteiger partial charge in [0.15, 0.2) is 24.8 Å². The lowest BCUT2D eigenvalue weighted by molar-refractivity contribution is -0.693. The largest absolute Gasteiger partial charge is 0.382 e. The molecule has 2 aromatic heterocycles. The number of hydrogen-bond donors (Lipinski definition) is 1. The molecule has 2 aromatic carbocycles. The van der Waals surface area contributed by atoms with Crippen LogP contribution in [0.1, 0.15) is 56.6 Å². The van der Waals surface area contributed by atoms with Crippen LogP contribution in [0.5, 0.6) is 0 Å². The molecular formula is C32H28N4O4+2. The number of Topliss-reactive ketones (excluding diaryl/α,β-unsaturated/α-hetero) is 1. The van der Waals surface area contributed by atoms with Gasteiger partial charge in [0.1, 0.15) is 36.0 Å². The molecule has 0 saturated carbocycles. The Labute approximate surface area is 231 Å². The minimum atomic E-state index is -1.30. The number of anilines is 2. The number of carbonyl (C=O) groups is 3. The van der Waals surface area contributed by atoms with Crippen molar-refractivity contribution >= 4 is 29.0 Å². The summed E-state index contributed by atoms with van der Waals surface area (Å²) in [6.07, 6.45) is 5.88. The third kappa shape index (κ3) is 3.92. The van der Waals surface area contributed by atoms with Crippen LogP contribution in [0.2, 0.25) is 0 Å². The number of aromatic nitrogens is 2. The standard InChI is InChI=1S/C32H28N4O4/c1-3-33-17-9-11-21(19-33)31(39)35-25-15-7-5-13-23(25)29(37)27(35)28-30(38)24-14-6-8-16-26(24)36(28)32(40)22-12-10-18-34(4-2)20-22/h5-20,29,37H,3-4H2,1-2H3/q+2/b28-27+. The first-order chi connectivity index (χ1) is 19.4. The van der Waals surface area contributed by atoms with E-state index < -0.39 is 23.7 Å². The van der Waals surface area contributed by atoms with Crippen LogP contribution in [0.25, 0.3) is 0 Å². The van der Waals surface area contributed by atoms with Gasteiger partial charge in [0.05, 0.1) is 17.1 Å². The predicted molar refractivity (Wildman–Crippen MR) is 147 cm³/mol. The van der Waals surface area contributed by atoms with Gasteiger partial charge >= 0.3 is 0 Å². The summed E-state index contributed by atoms with van der Waals surface area (Å²) in [4.78, 5) is 45.1. The van der Waals surface area contributed by atoms with Crippen molar-refractivity contribution in [3.8, 4) is 0 Å². The van der Waals surface area contributed by atoms with Crippen LogP contribution in [0.3, 0.4) is 0 Å². The van der Waals surface area contributed by atoms with Gasteiger partial charge in [-0.15, -0.1) is 0 Å². The molecule has 6 rings (SSSR count). The Bertz CT molecular complexity index is 1730. The molecule has 0 bridgehead atoms. The van der Waals surface area contributed by atoms with E-state index in [9.17, 15) is 19.5 Å². The smallest absolute Gasteiger partial charge is 0.269 e. The molecule has 4 aromatic rings. The average molecular weight is 533 g/mol. The number of para-hydroxylation sites is 2. The first kappa shape index (κ1) is 25.3. The molecule has 0 radical (unpaired) electrons. The lowest BCUT2D eigenvalue weighted by atomic mass is 10.1. The van der Waals surface area contributed by atoms with Gasteiger partial charge in [0.2, 0.25) is 5.78 Å². The maximum absolute atomic E-state index is 14.1. The zero-order valence-electron chi connectivity index (χ0n) is 22.2. The quantitative estimate of drug-likeness (QED) is 0.321. The second-order valence-corrected chi connectivity index (χ2v) is 9.67. The third-order valence-electron chi connectivity index (χ3n) is 7.39. The summed E-state index contributed by atoms with van der Waals surface area (Å²) in [5.41, 5.74) is 2.48. The van der Waals surface area contributed by atoms with Crippen molar-refractivity contribution in [3.05, 3.63) is 131 Å². The molecule has 1 atom stereocenters. The molecule has 4 heterocycles. The number of fused-ring (bicyclic) bond motifs is 2. The lowest BCUT2D eigenvalue weighted by Crippen LogP contribution is -2.39. The summed E-state index contributed by atoms with van der Waals surface area (Å²) >= 11 is 0. The fourth-order valence-corrected chi connectivity index (χ4v) is 5.38. The topological polar surface area (TPSA) is 85.7 Å². The summed E-state index contributed by atoms with van der Waals surface area (Å²) < 4.78 is 3.75. The highest BCUT2D eigenvalue weighted by Gasteiger charge is 2.47. The zero-order valence-corrected chi connectivity index (χ0v) is 22.2. The summed E-state index contributed by atoms with van der Waals surface area (Å²) in [5, 5.41) is 11.7. The molecule has 198 valence electrons. The van der Waals surface area contributed by atoms with Crippen molar-refractivity contribution in [2.24, 2.45) is 0 Å². The first-order valence-electron chi connectivity index (χ1n) is 13.3. The van der Waals surface area contributed by atoms with Crippen LogP contribution in [0.4, 0.5) is 11.4 Å². The number of aliphatic hydroxyl groups excluding tert-OH is 1. The number of benzene rings is 2. The minimum absolute atomic E-state index is 0.0329. The number of amides is 2. The lowest BCUT2D eigenvalue weighted by Gasteiger charge is -2.25. The van der Waals surface area contributed by atoms with Gasteiger partial charge in [-0.25, -0.2) is 9.13 Å². The molecule has 8 nitrogen and oxygen atoms in total. The number of hydrogen-bond acceptors (Lipinski definition) is 4. The number of ketones is 1. The van der Waals surface area contributed by atoms with Crippen molar-refractivity contribution in [1.29, 1.82) is 0 Å². The van der Waals surface area contributed by atoms with E-state index in [0.717, 1.165) is 0 Å². The Morgan fingerprint density at radius 1 is 0.750 bits per heavy atom. The number of carbonyl (C=O) groups excluding carboxylic acids is 3. The summed E-state index contributed by atoms with van der Waals surface area (Å²) in [7, 11) is 0. The van der Waals surface area contributed by atoms with Crippen LogP contribution in [-0.4, -0.2) is 22.7 Å². The second-order valence-electron chi connectivity index (χ2n) is 9.67. The predicted octanol–water partition coefficient (Wildman–Crippen LogP) is 3.75. The molecular weight excluding hydrogens is 504 g/mol. The van der Waals surface area contributed by atoms with Crippen molar-refractivity contribution in [2.45, 2.75) is 33.0 Å². The number of aliphatic hydroxyl groups is 1. The molecule has 0 spiro atoms. The van der Waals surface area contributed by atoms with Crippen molar-refractivity contribution in [2.75, 3.05) is 9.80 Å². The zero-order chi connectivity index (χ0) is 28.0. The molecule has 40 heavy (non-hydrogen) atoms. The van der Waals surface area contributed by atoms with Gasteiger partial charge in [-0.2, -0.15) is 0 Å². The highest BCUT2D eigenvalue weighted by Crippen LogP contribution is 2.48. The fraction of sp³-hybridized carbons (Fsp3) is 0.156. The molecule has 0 aliphatic carbocycles. The highest BCUT2D eigenvalue weighted by atomic mass is 16.3. The summed E-state index contributed by atoms with van der Waals surface area (Å²) in [6, 6.07) is 20.8. The summed E-state index contributed by atoms with van der Waals surface area (Å²) in [5.74, 6) is -1.27. The van der Waals surface area contributed by atoms with Crippen LogP contribution in [0, 0.1) is 0 Å². The molecule has 2 aliphatic heterocycles. The Morgan fingerprint density at radius 2 is 1.30 bits per heavy atom. The van der Waals surface area contributed by atoms with E-state index in [0.29, 0.717) is 46.7 Å². The van der Waals surface area contributed by atoms with Gasteiger partial charge < -0.3 is 5.11 Å². The molecule has 0 saturated heterocycles. The van der Waals surface area contributed by atoms with E-state index in [1.54, 1.807) is 85.2 Å². The molecule has 1 unspecified atom stereocenters. The van der Waals surface area contributed by atoms with Crippen molar-refractivity contribution in [1.82, 2.24) is 0 Å². The Kier molecular flexibility index (Phi) is 6.32. The molecule has 2 amide bonds. The normalized spacial score (nSPS) is 17.7. The van der Waals surface area contributed by atoms with E-state index in [-0.39, 0.29) is 11.4 Å². The average Bonchev–Trinajstić information content (AvgIpc) is 3.46. The second kappa shape index (κ2) is 9.98. The van der Waals surface area contributed by atoms with Crippen molar-refractivity contribution in [3.63, 3.8) is 0 Å². The van der Waals surface area contributed by atoms with E-state index >= 15 is 0 Å². The number of nitrogens with zero attached hydrogens (tertiary/aromatic N) is 4. The van der Waals surface area contributed by atoms with Crippen LogP contribution in [-0.2, 0) is 13.1 Å². The van der Waals surface area contributed by atoms with Crippen molar-refractivity contribution < 1.29 is 28.6 Å². The monoisotopic (exact) mass is 532 g/mol. The van der Waals surface area contributed by atoms with Crippen LogP contribution in [0.15, 0.2) is 109 Å². The van der Waals surface area contributed by atoms with Gasteiger partial charge in [0, 0.05) is 23.3 Å². The molecule has 2 aliphatic rings. The maximum Gasteiger partial charge on any atom is 0.269 e.